The Hall–Kier alpha value is -0.150. The second-order valence-electron chi connectivity index (χ2n) is 3.72. The van der Waals surface area contributed by atoms with Crippen molar-refractivity contribution in [1.29, 1.82) is 0 Å². The fourth-order valence-electron chi connectivity index (χ4n) is 0.551. The van der Waals surface area contributed by atoms with Crippen molar-refractivity contribution in [3.8, 4) is 0 Å². The van der Waals surface area contributed by atoms with Crippen molar-refractivity contribution in [3.05, 3.63) is 0 Å². The summed E-state index contributed by atoms with van der Waals surface area (Å²) in [4.78, 5) is 0. The van der Waals surface area contributed by atoms with Gasteiger partial charge in [0, 0.05) is 5.92 Å². The average molecular weight is 150 g/mol. The van der Waals surface area contributed by atoms with Crippen molar-refractivity contribution in [3.63, 3.8) is 0 Å². The Morgan fingerprint density at radius 1 is 1.20 bits per heavy atom. The predicted octanol–water partition coefficient (Wildman–Crippen LogP) is 1.28. The minimum atomic E-state index is -3.06. The number of aliphatic hydroxyl groups is 2. The van der Waals surface area contributed by atoms with Gasteiger partial charge in [0.15, 0.2) is 0 Å². The van der Waals surface area contributed by atoms with Crippen LogP contribution in [0.1, 0.15) is 27.7 Å². The van der Waals surface area contributed by atoms with E-state index < -0.39 is 17.4 Å². The highest BCUT2D eigenvalue weighted by atomic mass is 19.2. The standard InChI is InChI=1S/C7H15FO2/c1-5(6(2,3)4)7(8,9)10/h5,9-10H,1-4H3. The first-order chi connectivity index (χ1) is 4.15. The molecular formula is C7H15FO2. The summed E-state index contributed by atoms with van der Waals surface area (Å²) in [5.74, 6) is -0.792. The van der Waals surface area contributed by atoms with Crippen molar-refractivity contribution in [2.24, 2.45) is 11.3 Å². The van der Waals surface area contributed by atoms with Crippen LogP contribution >= 0.6 is 0 Å². The molecule has 0 saturated heterocycles. The number of hydrogen-bond acceptors (Lipinski definition) is 2. The first kappa shape index (κ1) is 9.85. The molecule has 0 aliphatic rings. The zero-order valence-corrected chi connectivity index (χ0v) is 6.85. The van der Waals surface area contributed by atoms with Gasteiger partial charge in [0.05, 0.1) is 0 Å². The highest BCUT2D eigenvalue weighted by Crippen LogP contribution is 2.33. The van der Waals surface area contributed by atoms with E-state index in [1.54, 1.807) is 20.8 Å². The molecule has 0 radical (unpaired) electrons. The van der Waals surface area contributed by atoms with Gasteiger partial charge in [0.2, 0.25) is 0 Å². The maximum absolute atomic E-state index is 12.4. The van der Waals surface area contributed by atoms with E-state index in [1.165, 1.54) is 6.92 Å². The Balaban J connectivity index is 4.23. The molecule has 0 spiro atoms. The maximum Gasteiger partial charge on any atom is 0.318 e. The summed E-state index contributed by atoms with van der Waals surface area (Å²) in [5, 5.41) is 17.0. The zero-order chi connectivity index (χ0) is 8.58. The maximum atomic E-state index is 12.4. The lowest BCUT2D eigenvalue weighted by Crippen LogP contribution is -2.38. The molecule has 1 unspecified atom stereocenters. The molecule has 0 aromatic rings. The van der Waals surface area contributed by atoms with E-state index in [-0.39, 0.29) is 0 Å². The summed E-state index contributed by atoms with van der Waals surface area (Å²) in [6, 6.07) is -3.06. The van der Waals surface area contributed by atoms with Crippen LogP contribution in [0.25, 0.3) is 0 Å². The summed E-state index contributed by atoms with van der Waals surface area (Å²) in [6.45, 7) is 6.70. The SMILES string of the molecule is CC(C(C)(C)C)C(O)(O)F. The van der Waals surface area contributed by atoms with E-state index in [0.717, 1.165) is 0 Å². The Bertz CT molecular complexity index is 95.8. The van der Waals surface area contributed by atoms with Crippen LogP contribution in [-0.4, -0.2) is 16.3 Å². The van der Waals surface area contributed by atoms with Crippen LogP contribution in [0.2, 0.25) is 0 Å². The number of hydrogen-bond donors (Lipinski definition) is 2. The summed E-state index contributed by atoms with van der Waals surface area (Å²) in [7, 11) is 0. The van der Waals surface area contributed by atoms with Crippen LogP contribution in [0.15, 0.2) is 0 Å². The van der Waals surface area contributed by atoms with E-state index >= 15 is 0 Å². The molecule has 0 fully saturated rings. The molecule has 3 heteroatoms. The topological polar surface area (TPSA) is 40.5 Å². The normalized spacial score (nSPS) is 17.1. The van der Waals surface area contributed by atoms with Crippen LogP contribution in [-0.2, 0) is 0 Å². The third-order valence-corrected chi connectivity index (χ3v) is 1.85. The van der Waals surface area contributed by atoms with Gasteiger partial charge < -0.3 is 10.2 Å². The Labute approximate surface area is 60.7 Å². The molecule has 2 nitrogen and oxygen atoms in total. The highest BCUT2D eigenvalue weighted by molar-refractivity contribution is 4.74. The molecule has 0 rings (SSSR count). The van der Waals surface area contributed by atoms with Crippen molar-refractivity contribution >= 4 is 0 Å². The van der Waals surface area contributed by atoms with Gasteiger partial charge in [-0.3, -0.25) is 0 Å². The van der Waals surface area contributed by atoms with E-state index in [0.29, 0.717) is 0 Å². The summed E-state index contributed by atoms with van der Waals surface area (Å²) < 4.78 is 12.4. The Morgan fingerprint density at radius 2 is 1.50 bits per heavy atom. The summed E-state index contributed by atoms with van der Waals surface area (Å²) in [5.41, 5.74) is -0.432. The number of rotatable bonds is 1. The number of alkyl halides is 1. The molecule has 0 amide bonds. The van der Waals surface area contributed by atoms with Gasteiger partial charge in [-0.25, -0.2) is 0 Å². The summed E-state index contributed by atoms with van der Waals surface area (Å²) >= 11 is 0. The molecule has 0 aliphatic heterocycles. The Kier molecular flexibility index (Phi) is 2.44. The lowest BCUT2D eigenvalue weighted by molar-refractivity contribution is -0.304. The van der Waals surface area contributed by atoms with E-state index in [9.17, 15) is 4.39 Å². The molecule has 0 bridgehead atoms. The lowest BCUT2D eigenvalue weighted by atomic mass is 9.81. The molecule has 0 heterocycles. The quantitative estimate of drug-likeness (QED) is 0.553. The largest absolute Gasteiger partial charge is 0.340 e. The molecular weight excluding hydrogens is 135 g/mol. The van der Waals surface area contributed by atoms with Gasteiger partial charge in [0.1, 0.15) is 0 Å². The van der Waals surface area contributed by atoms with Crippen molar-refractivity contribution in [2.75, 3.05) is 0 Å². The van der Waals surface area contributed by atoms with Crippen LogP contribution in [0.3, 0.4) is 0 Å². The predicted molar refractivity (Wildman–Crippen MR) is 36.9 cm³/mol. The zero-order valence-electron chi connectivity index (χ0n) is 6.85. The summed E-state index contributed by atoms with van der Waals surface area (Å²) in [6.07, 6.45) is 0. The fourth-order valence-corrected chi connectivity index (χ4v) is 0.551. The smallest absolute Gasteiger partial charge is 0.318 e. The molecule has 2 N–H and O–H groups in total. The minimum Gasteiger partial charge on any atom is -0.340 e. The van der Waals surface area contributed by atoms with Crippen LogP contribution < -0.4 is 0 Å². The molecule has 1 atom stereocenters. The molecule has 0 saturated carbocycles. The van der Waals surface area contributed by atoms with Crippen molar-refractivity contribution < 1.29 is 14.6 Å². The molecule has 0 aromatic heterocycles. The van der Waals surface area contributed by atoms with Crippen LogP contribution in [0.5, 0.6) is 0 Å². The average Bonchev–Trinajstić information content (AvgIpc) is 1.59. The fraction of sp³-hybridized carbons (Fsp3) is 1.00. The van der Waals surface area contributed by atoms with Gasteiger partial charge >= 0.3 is 6.04 Å². The van der Waals surface area contributed by atoms with Crippen LogP contribution in [0, 0.1) is 11.3 Å². The third-order valence-electron chi connectivity index (χ3n) is 1.85. The lowest BCUT2D eigenvalue weighted by Gasteiger charge is -2.31. The van der Waals surface area contributed by atoms with E-state index in [1.807, 2.05) is 0 Å². The van der Waals surface area contributed by atoms with Crippen LogP contribution in [0.4, 0.5) is 4.39 Å². The highest BCUT2D eigenvalue weighted by Gasteiger charge is 2.38. The molecule has 0 aliphatic carbocycles. The number of halogens is 1. The van der Waals surface area contributed by atoms with Gasteiger partial charge in [-0.15, -0.1) is 0 Å². The monoisotopic (exact) mass is 150 g/mol. The van der Waals surface area contributed by atoms with Gasteiger partial charge in [-0.2, -0.15) is 4.39 Å². The third kappa shape index (κ3) is 2.62. The molecule has 10 heavy (non-hydrogen) atoms. The minimum absolute atomic E-state index is 0.432. The first-order valence-corrected chi connectivity index (χ1v) is 3.29. The van der Waals surface area contributed by atoms with Crippen molar-refractivity contribution in [2.45, 2.75) is 33.7 Å². The molecule has 0 aromatic carbocycles. The second-order valence-corrected chi connectivity index (χ2v) is 3.72. The van der Waals surface area contributed by atoms with Gasteiger partial charge in [0.25, 0.3) is 0 Å². The first-order valence-electron chi connectivity index (χ1n) is 3.29. The Morgan fingerprint density at radius 3 is 1.50 bits per heavy atom. The van der Waals surface area contributed by atoms with E-state index in [2.05, 4.69) is 0 Å². The second kappa shape index (κ2) is 2.47. The van der Waals surface area contributed by atoms with Gasteiger partial charge in [-0.05, 0) is 5.41 Å². The van der Waals surface area contributed by atoms with Gasteiger partial charge in [-0.1, -0.05) is 27.7 Å². The van der Waals surface area contributed by atoms with Crippen molar-refractivity contribution in [1.82, 2.24) is 0 Å². The van der Waals surface area contributed by atoms with E-state index in [4.69, 9.17) is 10.2 Å². The molecule has 62 valence electrons.